The highest BCUT2D eigenvalue weighted by Crippen LogP contribution is 2.51. The molecule has 0 spiro atoms. The number of nitrogens with two attached hydrogens (primary N) is 1. The first-order valence-corrected chi connectivity index (χ1v) is 23.1. The summed E-state index contributed by atoms with van der Waals surface area (Å²) < 4.78 is 59.4. The SMILES string of the molecule is CCc1ccc2c(c1)C(C)(C)C(/C=C/C=C/C=C1/N(CCCCCC(=O)NCCCC(=O)CON)c3ccc(S(=O)(=O)O)cc3C1(C)CCOCCOC)=[N+]2CCOCCOC. The molecule has 342 valence electrons. The Morgan fingerprint density at radius 1 is 0.871 bits per heavy atom. The third-order valence-corrected chi connectivity index (χ3v) is 12.5. The fourth-order valence-electron chi connectivity index (χ4n) is 8.16. The number of anilines is 1. The van der Waals surface area contributed by atoms with Crippen LogP contribution in [0.1, 0.15) is 89.3 Å². The van der Waals surface area contributed by atoms with E-state index in [4.69, 9.17) is 24.8 Å². The van der Waals surface area contributed by atoms with E-state index in [1.165, 1.54) is 28.6 Å². The zero-order valence-corrected chi connectivity index (χ0v) is 38.4. The monoisotopic (exact) mass is 881 g/mol. The van der Waals surface area contributed by atoms with Crippen molar-refractivity contribution in [2.45, 2.75) is 94.8 Å². The lowest BCUT2D eigenvalue weighted by Gasteiger charge is -2.30. The molecule has 0 saturated carbocycles. The maximum atomic E-state index is 12.5. The van der Waals surface area contributed by atoms with Crippen molar-refractivity contribution in [2.75, 3.05) is 85.0 Å². The number of fused-ring (bicyclic) bond motifs is 2. The Balaban J connectivity index is 1.60. The highest BCUT2D eigenvalue weighted by Gasteiger charge is 2.45. The number of allylic oxidation sites excluding steroid dienone is 6. The molecule has 1 amide bonds. The van der Waals surface area contributed by atoms with E-state index in [1.807, 2.05) is 12.2 Å². The van der Waals surface area contributed by atoms with Gasteiger partial charge in [0.05, 0.1) is 36.7 Å². The Morgan fingerprint density at radius 3 is 2.31 bits per heavy atom. The second kappa shape index (κ2) is 24.7. The molecule has 0 aromatic heterocycles. The lowest BCUT2D eigenvalue weighted by molar-refractivity contribution is -0.442. The standard InChI is InChI=1S/C47H68N4O10S/c1-7-36-19-21-41-39(33-36)46(2,3)43(51(41)26-28-60-32-30-58-6)16-10-8-11-17-44-47(4,23-27-59-31-29-57-5)40-34-38(62(54,55)56)20-22-42(40)50(44)25-13-9-12-18-45(53)49-24-14-15-37(52)35-61-48/h8,10-11,16-17,19-22,33-34H,7,9,12-15,18,23-32,35,48H2,1-6H3,(H-,49,53,54,55,56)/p+1. The van der Waals surface area contributed by atoms with Crippen LogP contribution >= 0.6 is 0 Å². The summed E-state index contributed by atoms with van der Waals surface area (Å²) in [5, 5.41) is 2.88. The Morgan fingerprint density at radius 2 is 1.61 bits per heavy atom. The van der Waals surface area contributed by atoms with E-state index < -0.39 is 15.5 Å². The van der Waals surface area contributed by atoms with E-state index in [1.54, 1.807) is 26.4 Å². The maximum absolute atomic E-state index is 12.5. The van der Waals surface area contributed by atoms with Gasteiger partial charge in [0.1, 0.15) is 13.2 Å². The Hall–Kier alpha value is -4.06. The van der Waals surface area contributed by atoms with Gasteiger partial charge in [0, 0.05) is 81.3 Å². The van der Waals surface area contributed by atoms with E-state index in [2.05, 4.69) is 83.8 Å². The summed E-state index contributed by atoms with van der Waals surface area (Å²) in [4.78, 5) is 30.5. The highest BCUT2D eigenvalue weighted by atomic mass is 32.2. The second-order valence-electron chi connectivity index (χ2n) is 16.4. The number of hydrogen-bond acceptors (Lipinski definition) is 11. The Labute approximate surface area is 368 Å². The van der Waals surface area contributed by atoms with Crippen molar-refractivity contribution in [1.82, 2.24) is 5.32 Å². The zero-order chi connectivity index (χ0) is 45.2. The van der Waals surface area contributed by atoms with Crippen LogP contribution in [0.3, 0.4) is 0 Å². The average Bonchev–Trinajstić information content (AvgIpc) is 3.60. The molecule has 15 heteroatoms. The number of amides is 1. The summed E-state index contributed by atoms with van der Waals surface area (Å²) in [6, 6.07) is 11.5. The van der Waals surface area contributed by atoms with Crippen LogP contribution in [0.4, 0.5) is 11.4 Å². The van der Waals surface area contributed by atoms with Gasteiger partial charge in [-0.2, -0.15) is 13.0 Å². The van der Waals surface area contributed by atoms with Gasteiger partial charge in [-0.1, -0.05) is 37.6 Å². The van der Waals surface area contributed by atoms with Crippen molar-refractivity contribution in [3.8, 4) is 0 Å². The van der Waals surface area contributed by atoms with E-state index in [-0.39, 0.29) is 35.0 Å². The van der Waals surface area contributed by atoms with Crippen molar-refractivity contribution in [2.24, 2.45) is 5.90 Å². The molecule has 4 rings (SSSR count). The molecule has 1 unspecified atom stereocenters. The molecular formula is C47H69N4O10S+. The number of benzene rings is 2. The number of carbonyl (C=O) groups is 2. The molecule has 2 aliphatic heterocycles. The van der Waals surface area contributed by atoms with Crippen LogP contribution < -0.4 is 16.1 Å². The van der Waals surface area contributed by atoms with E-state index in [0.717, 1.165) is 36.2 Å². The molecule has 0 fully saturated rings. The van der Waals surface area contributed by atoms with Gasteiger partial charge in [0.15, 0.2) is 18.0 Å². The van der Waals surface area contributed by atoms with Crippen molar-refractivity contribution < 1.29 is 50.9 Å². The maximum Gasteiger partial charge on any atom is 0.294 e. The number of ketones is 1. The van der Waals surface area contributed by atoms with Gasteiger partial charge in [0.25, 0.3) is 10.1 Å². The zero-order valence-electron chi connectivity index (χ0n) is 37.6. The van der Waals surface area contributed by atoms with Gasteiger partial charge in [-0.25, -0.2) is 5.90 Å². The Kier molecular flexibility index (Phi) is 20.1. The van der Waals surface area contributed by atoms with Crippen LogP contribution in [-0.4, -0.2) is 115 Å². The molecular weight excluding hydrogens is 813 g/mol. The third-order valence-electron chi connectivity index (χ3n) is 11.7. The lowest BCUT2D eigenvalue weighted by Crippen LogP contribution is -2.30. The quantitative estimate of drug-likeness (QED) is 0.0274. The highest BCUT2D eigenvalue weighted by molar-refractivity contribution is 7.85. The smallest absolute Gasteiger partial charge is 0.294 e. The van der Waals surface area contributed by atoms with E-state index in [9.17, 15) is 22.6 Å². The van der Waals surface area contributed by atoms with Crippen LogP contribution in [0.5, 0.6) is 0 Å². The molecule has 0 aliphatic carbocycles. The van der Waals surface area contributed by atoms with Crippen LogP contribution in [0.25, 0.3) is 0 Å². The van der Waals surface area contributed by atoms with Crippen LogP contribution in [0.2, 0.25) is 0 Å². The minimum Gasteiger partial charge on any atom is -0.382 e. The van der Waals surface area contributed by atoms with Gasteiger partial charge < -0.3 is 29.2 Å². The summed E-state index contributed by atoms with van der Waals surface area (Å²) in [6.45, 7) is 13.2. The number of carbonyl (C=O) groups excluding carboxylic acids is 2. The van der Waals surface area contributed by atoms with Gasteiger partial charge >= 0.3 is 0 Å². The normalized spacial score (nSPS) is 17.8. The molecule has 1 atom stereocenters. The molecule has 62 heavy (non-hydrogen) atoms. The molecule has 14 nitrogen and oxygen atoms in total. The van der Waals surface area contributed by atoms with Crippen molar-refractivity contribution in [3.05, 3.63) is 89.2 Å². The number of rotatable bonds is 29. The summed E-state index contributed by atoms with van der Waals surface area (Å²) in [6.07, 6.45) is 15.2. The van der Waals surface area contributed by atoms with Crippen molar-refractivity contribution in [1.29, 1.82) is 0 Å². The summed E-state index contributed by atoms with van der Waals surface area (Å²) in [5.74, 6) is 4.78. The largest absolute Gasteiger partial charge is 0.382 e. The molecule has 2 heterocycles. The molecule has 0 saturated heterocycles. The molecule has 4 N–H and O–H groups in total. The van der Waals surface area contributed by atoms with E-state index in [0.29, 0.717) is 85.0 Å². The summed E-state index contributed by atoms with van der Waals surface area (Å²) in [5.41, 5.74) is 6.63. The van der Waals surface area contributed by atoms with Gasteiger partial charge in [-0.15, -0.1) is 0 Å². The number of methoxy groups -OCH3 is 2. The second-order valence-corrected chi connectivity index (χ2v) is 17.8. The number of nitrogens with one attached hydrogen (secondary N) is 1. The number of hydrogen-bond donors (Lipinski definition) is 3. The minimum atomic E-state index is -4.46. The average molecular weight is 882 g/mol. The summed E-state index contributed by atoms with van der Waals surface area (Å²) in [7, 11) is -1.18. The van der Waals surface area contributed by atoms with Crippen LogP contribution in [-0.2, 0) is 60.7 Å². The van der Waals surface area contributed by atoms with Crippen LogP contribution in [0, 0.1) is 0 Å². The molecule has 0 bridgehead atoms. The van der Waals surface area contributed by atoms with E-state index >= 15 is 0 Å². The predicted molar refractivity (Wildman–Crippen MR) is 242 cm³/mol. The number of unbranched alkanes of at least 4 members (excludes halogenated alkanes) is 2. The number of aryl methyl sites for hydroxylation is 1. The van der Waals surface area contributed by atoms with Gasteiger partial charge in [-0.05, 0) is 94.3 Å². The number of Topliss-reactive ketones (excluding diaryl/α,β-unsaturated/α-hetero) is 1. The molecule has 0 radical (unpaired) electrons. The fraction of sp³-hybridized carbons (Fsp3) is 0.553. The Bertz CT molecular complexity index is 2040. The molecule has 2 aliphatic rings. The molecule has 2 aromatic rings. The third kappa shape index (κ3) is 13.7. The molecule has 2 aromatic carbocycles. The number of ether oxygens (including phenoxy) is 4. The predicted octanol–water partition coefficient (Wildman–Crippen LogP) is 6.28. The number of nitrogens with zero attached hydrogens (tertiary/aromatic N) is 2. The fourth-order valence-corrected chi connectivity index (χ4v) is 8.66. The van der Waals surface area contributed by atoms with Crippen molar-refractivity contribution >= 4 is 38.9 Å². The summed E-state index contributed by atoms with van der Waals surface area (Å²) >= 11 is 0. The lowest BCUT2D eigenvalue weighted by atomic mass is 9.78. The minimum absolute atomic E-state index is 0.0658. The first kappa shape index (κ1) is 50.6. The first-order valence-electron chi connectivity index (χ1n) is 21.7. The van der Waals surface area contributed by atoms with Crippen LogP contribution in [0.15, 0.2) is 77.4 Å². The first-order chi connectivity index (χ1) is 29.7. The van der Waals surface area contributed by atoms with Crippen molar-refractivity contribution in [3.63, 3.8) is 0 Å². The van der Waals surface area contributed by atoms with Gasteiger partial charge in [-0.3, -0.25) is 19.0 Å². The topological polar surface area (TPSA) is 179 Å². The van der Waals surface area contributed by atoms with Gasteiger partial charge in [0.2, 0.25) is 11.6 Å².